The minimum atomic E-state index is -0.401. The van der Waals surface area contributed by atoms with Crippen molar-refractivity contribution in [1.82, 2.24) is 15.5 Å². The highest BCUT2D eigenvalue weighted by Crippen LogP contribution is 2.20. The Hall–Kier alpha value is -1.52. The molecular weight excluding hydrogens is 253 g/mol. The molecule has 1 aromatic heterocycles. The van der Waals surface area contributed by atoms with Crippen LogP contribution >= 0.6 is 11.6 Å². The lowest BCUT2D eigenvalue weighted by molar-refractivity contribution is 0.561. The molecule has 2 rings (SSSR count). The second-order valence-corrected chi connectivity index (χ2v) is 4.40. The third kappa shape index (κ3) is 3.24. The molecule has 2 aromatic rings. The monoisotopic (exact) mass is 265 g/mol. The maximum Gasteiger partial charge on any atom is 0.141 e. The van der Waals surface area contributed by atoms with Gasteiger partial charge < -0.3 is 5.32 Å². The van der Waals surface area contributed by atoms with Crippen molar-refractivity contribution in [2.45, 2.75) is 19.5 Å². The smallest absolute Gasteiger partial charge is 0.141 e. The van der Waals surface area contributed by atoms with Gasteiger partial charge in [-0.15, -0.1) is 0 Å². The van der Waals surface area contributed by atoms with Gasteiger partial charge in [0.25, 0.3) is 0 Å². The van der Waals surface area contributed by atoms with E-state index in [0.717, 1.165) is 11.3 Å². The number of halogens is 2. The molecule has 1 unspecified atom stereocenters. The van der Waals surface area contributed by atoms with Gasteiger partial charge >= 0.3 is 0 Å². The molecule has 5 heteroatoms. The molecule has 0 aliphatic rings. The van der Waals surface area contributed by atoms with Crippen LogP contribution < -0.4 is 5.32 Å². The van der Waals surface area contributed by atoms with Gasteiger partial charge in [0, 0.05) is 18.8 Å². The Morgan fingerprint density at radius 2 is 2.22 bits per heavy atom. The number of hydrogen-bond acceptors (Lipinski definition) is 3. The van der Waals surface area contributed by atoms with E-state index < -0.39 is 5.82 Å². The van der Waals surface area contributed by atoms with Gasteiger partial charge in [-0.2, -0.15) is 10.2 Å². The van der Waals surface area contributed by atoms with Crippen molar-refractivity contribution in [2.75, 3.05) is 0 Å². The van der Waals surface area contributed by atoms with Gasteiger partial charge in [-0.3, -0.25) is 0 Å². The number of aromatic nitrogens is 2. The van der Waals surface area contributed by atoms with Crippen molar-refractivity contribution in [2.24, 2.45) is 0 Å². The van der Waals surface area contributed by atoms with E-state index >= 15 is 0 Å². The van der Waals surface area contributed by atoms with Crippen LogP contribution in [0.25, 0.3) is 0 Å². The normalized spacial score (nSPS) is 12.4. The Bertz CT molecular complexity index is 519. The maximum absolute atomic E-state index is 13.0. The lowest BCUT2D eigenvalue weighted by atomic mass is 10.1. The predicted molar refractivity (Wildman–Crippen MR) is 68.7 cm³/mol. The second kappa shape index (κ2) is 5.89. The highest BCUT2D eigenvalue weighted by atomic mass is 35.5. The maximum atomic E-state index is 13.0. The van der Waals surface area contributed by atoms with Gasteiger partial charge in [0.2, 0.25) is 0 Å². The molecule has 0 aliphatic heterocycles. The van der Waals surface area contributed by atoms with Crippen molar-refractivity contribution in [3.63, 3.8) is 0 Å². The summed E-state index contributed by atoms with van der Waals surface area (Å²) >= 11 is 5.75. The van der Waals surface area contributed by atoms with Gasteiger partial charge in [0.1, 0.15) is 5.82 Å². The molecule has 0 aliphatic carbocycles. The van der Waals surface area contributed by atoms with Crippen molar-refractivity contribution in [3.8, 4) is 0 Å². The van der Waals surface area contributed by atoms with Crippen LogP contribution in [0.15, 0.2) is 36.5 Å². The van der Waals surface area contributed by atoms with E-state index in [4.69, 9.17) is 11.6 Å². The van der Waals surface area contributed by atoms with Crippen molar-refractivity contribution >= 4 is 11.6 Å². The molecule has 1 atom stereocenters. The molecule has 0 spiro atoms. The quantitative estimate of drug-likeness (QED) is 0.923. The summed E-state index contributed by atoms with van der Waals surface area (Å²) < 4.78 is 13.0. The van der Waals surface area contributed by atoms with E-state index in [9.17, 15) is 4.39 Å². The third-order valence-electron chi connectivity index (χ3n) is 2.66. The highest BCUT2D eigenvalue weighted by molar-refractivity contribution is 6.30. The van der Waals surface area contributed by atoms with Crippen LogP contribution in [0, 0.1) is 5.82 Å². The minimum Gasteiger partial charge on any atom is -0.304 e. The van der Waals surface area contributed by atoms with E-state index in [-0.39, 0.29) is 11.1 Å². The summed E-state index contributed by atoms with van der Waals surface area (Å²) in [6.45, 7) is 2.59. The Kier molecular flexibility index (Phi) is 4.23. The minimum absolute atomic E-state index is 0.0603. The Labute approximate surface area is 110 Å². The van der Waals surface area contributed by atoms with Crippen LogP contribution in [0.1, 0.15) is 24.2 Å². The van der Waals surface area contributed by atoms with Gasteiger partial charge in [-0.05, 0) is 36.8 Å². The topological polar surface area (TPSA) is 37.8 Å². The molecule has 0 radical (unpaired) electrons. The van der Waals surface area contributed by atoms with Crippen molar-refractivity contribution < 1.29 is 4.39 Å². The Balaban J connectivity index is 1.99. The molecule has 0 amide bonds. The van der Waals surface area contributed by atoms with Crippen LogP contribution in [0.5, 0.6) is 0 Å². The van der Waals surface area contributed by atoms with E-state index in [1.807, 2.05) is 19.1 Å². The standard InChI is InChI=1S/C13H13ClFN3/c1-9(10-4-5-13(15)12(14)7-10)16-8-11-3-2-6-17-18-11/h2-7,9,16H,8H2,1H3. The van der Waals surface area contributed by atoms with Gasteiger partial charge in [0.15, 0.2) is 0 Å². The summed E-state index contributed by atoms with van der Waals surface area (Å²) in [5.41, 5.74) is 1.79. The fourth-order valence-corrected chi connectivity index (χ4v) is 1.77. The fourth-order valence-electron chi connectivity index (χ4n) is 1.58. The Morgan fingerprint density at radius 1 is 1.39 bits per heavy atom. The summed E-state index contributed by atoms with van der Waals surface area (Å²) in [5.74, 6) is -0.401. The molecule has 0 bridgehead atoms. The second-order valence-electron chi connectivity index (χ2n) is 3.99. The number of hydrogen-bond donors (Lipinski definition) is 1. The Morgan fingerprint density at radius 3 is 2.89 bits per heavy atom. The summed E-state index contributed by atoms with van der Waals surface area (Å²) in [4.78, 5) is 0. The van der Waals surface area contributed by atoms with E-state index in [2.05, 4.69) is 15.5 Å². The molecular formula is C13H13ClFN3. The van der Waals surface area contributed by atoms with E-state index in [0.29, 0.717) is 6.54 Å². The third-order valence-corrected chi connectivity index (χ3v) is 2.95. The van der Waals surface area contributed by atoms with Gasteiger partial charge in [-0.25, -0.2) is 4.39 Å². The number of rotatable bonds is 4. The number of nitrogens with one attached hydrogen (secondary N) is 1. The lowest BCUT2D eigenvalue weighted by Gasteiger charge is -2.14. The first kappa shape index (κ1) is 12.9. The van der Waals surface area contributed by atoms with Crippen LogP contribution in [0.3, 0.4) is 0 Å². The molecule has 18 heavy (non-hydrogen) atoms. The van der Waals surface area contributed by atoms with Crippen molar-refractivity contribution in [3.05, 3.63) is 58.6 Å². The average Bonchev–Trinajstić information content (AvgIpc) is 2.40. The summed E-state index contributed by atoms with van der Waals surface area (Å²) in [7, 11) is 0. The molecule has 0 fully saturated rings. The first-order valence-corrected chi connectivity index (χ1v) is 5.99. The number of benzene rings is 1. The summed E-state index contributed by atoms with van der Waals surface area (Å²) in [5, 5.41) is 11.2. The average molecular weight is 266 g/mol. The zero-order valence-corrected chi connectivity index (χ0v) is 10.7. The van der Waals surface area contributed by atoms with Gasteiger partial charge in [-0.1, -0.05) is 17.7 Å². The molecule has 0 saturated carbocycles. The number of nitrogens with zero attached hydrogens (tertiary/aromatic N) is 2. The van der Waals surface area contributed by atoms with Crippen molar-refractivity contribution in [1.29, 1.82) is 0 Å². The summed E-state index contributed by atoms with van der Waals surface area (Å²) in [6, 6.07) is 8.51. The SMILES string of the molecule is CC(NCc1cccnn1)c1ccc(F)c(Cl)c1. The van der Waals surface area contributed by atoms with Gasteiger partial charge in [0.05, 0.1) is 10.7 Å². The summed E-state index contributed by atoms with van der Waals surface area (Å²) in [6.07, 6.45) is 1.63. The molecule has 94 valence electrons. The van der Waals surface area contributed by atoms with Crippen LogP contribution in [-0.4, -0.2) is 10.2 Å². The lowest BCUT2D eigenvalue weighted by Crippen LogP contribution is -2.19. The van der Waals surface area contributed by atoms with Crippen LogP contribution in [0.4, 0.5) is 4.39 Å². The zero-order chi connectivity index (χ0) is 13.0. The van der Waals surface area contributed by atoms with E-state index in [1.54, 1.807) is 18.3 Å². The predicted octanol–water partition coefficient (Wildman–Crippen LogP) is 3.12. The largest absolute Gasteiger partial charge is 0.304 e. The highest BCUT2D eigenvalue weighted by Gasteiger charge is 2.08. The molecule has 1 heterocycles. The van der Waals surface area contributed by atoms with E-state index in [1.165, 1.54) is 6.07 Å². The van der Waals surface area contributed by atoms with Crippen LogP contribution in [0.2, 0.25) is 5.02 Å². The molecule has 0 saturated heterocycles. The zero-order valence-electron chi connectivity index (χ0n) is 9.90. The van der Waals surface area contributed by atoms with Crippen LogP contribution in [-0.2, 0) is 6.54 Å². The first-order valence-electron chi connectivity index (χ1n) is 5.61. The molecule has 1 aromatic carbocycles. The molecule has 3 nitrogen and oxygen atoms in total. The molecule has 1 N–H and O–H groups in total. The first-order chi connectivity index (χ1) is 8.66. The fraction of sp³-hybridized carbons (Fsp3) is 0.231.